The predicted octanol–water partition coefficient (Wildman–Crippen LogP) is 15.6. The summed E-state index contributed by atoms with van der Waals surface area (Å²) in [6, 6.07) is 83.6. The Morgan fingerprint density at radius 1 is 0.293 bits per heavy atom. The fourth-order valence-corrected chi connectivity index (χ4v) is 8.80. The Labute approximate surface area is 338 Å². The second kappa shape index (κ2) is 14.1. The van der Waals surface area contributed by atoms with Gasteiger partial charge in [0.25, 0.3) is 0 Å². The second-order valence-electron chi connectivity index (χ2n) is 15.0. The van der Waals surface area contributed by atoms with Gasteiger partial charge >= 0.3 is 0 Å². The monoisotopic (exact) mass is 738 g/mol. The lowest BCUT2D eigenvalue weighted by Gasteiger charge is -2.26. The van der Waals surface area contributed by atoms with E-state index in [0.717, 1.165) is 22.7 Å². The highest BCUT2D eigenvalue weighted by Crippen LogP contribution is 2.41. The van der Waals surface area contributed by atoms with E-state index in [9.17, 15) is 0 Å². The van der Waals surface area contributed by atoms with E-state index in [-0.39, 0.29) is 0 Å². The Kier molecular flexibility index (Phi) is 8.19. The first-order valence-corrected chi connectivity index (χ1v) is 19.9. The van der Waals surface area contributed by atoms with Gasteiger partial charge in [-0.3, -0.25) is 0 Å². The van der Waals surface area contributed by atoms with Gasteiger partial charge in [-0.05, 0) is 122 Å². The third-order valence-corrected chi connectivity index (χ3v) is 11.6. The van der Waals surface area contributed by atoms with Gasteiger partial charge in [0, 0.05) is 33.5 Å². The molecule has 58 heavy (non-hydrogen) atoms. The van der Waals surface area contributed by atoms with Gasteiger partial charge in [0.05, 0.1) is 11.0 Å². The van der Waals surface area contributed by atoms with E-state index in [0.29, 0.717) is 0 Å². The maximum Gasteiger partial charge on any atom is 0.0541 e. The van der Waals surface area contributed by atoms with Crippen molar-refractivity contribution in [1.29, 1.82) is 0 Å². The molecule has 1 aromatic heterocycles. The number of nitrogens with zero attached hydrogens (tertiary/aromatic N) is 2. The lowest BCUT2D eigenvalue weighted by Crippen LogP contribution is -2.10. The standard InChI is InChI=1S/C56H38N2/c1-2-13-41(14-3-1)50-20-10-16-43-17-11-21-51(56(43)50)42-28-32-47(33-29-42)57(46-30-26-40(27-31-46)45-25-24-39-12-4-5-15-44(39)38-45)48-34-36-49(37-35-48)58-54-22-8-6-18-52(54)53-19-7-9-23-55(53)58/h1-38H. The molecule has 11 aromatic rings. The normalized spacial score (nSPS) is 11.4. The smallest absolute Gasteiger partial charge is 0.0541 e. The van der Waals surface area contributed by atoms with Gasteiger partial charge in [-0.2, -0.15) is 0 Å². The molecule has 0 radical (unpaired) electrons. The van der Waals surface area contributed by atoms with Crippen LogP contribution in [0.5, 0.6) is 0 Å². The number of rotatable bonds is 7. The van der Waals surface area contributed by atoms with E-state index >= 15 is 0 Å². The summed E-state index contributed by atoms with van der Waals surface area (Å²) in [4.78, 5) is 2.36. The number of para-hydroxylation sites is 2. The molecule has 0 saturated carbocycles. The lowest BCUT2D eigenvalue weighted by molar-refractivity contribution is 1.17. The molecule has 0 N–H and O–H groups in total. The molecule has 0 saturated heterocycles. The van der Waals surface area contributed by atoms with Crippen LogP contribution in [0.3, 0.4) is 0 Å². The van der Waals surface area contributed by atoms with Crippen LogP contribution < -0.4 is 4.90 Å². The molecule has 0 atom stereocenters. The van der Waals surface area contributed by atoms with E-state index < -0.39 is 0 Å². The van der Waals surface area contributed by atoms with E-state index in [1.165, 1.54) is 76.7 Å². The average Bonchev–Trinajstić information content (AvgIpc) is 3.64. The Balaban J connectivity index is 1.01. The summed E-state index contributed by atoms with van der Waals surface area (Å²) in [5.74, 6) is 0. The van der Waals surface area contributed by atoms with Crippen molar-refractivity contribution in [2.75, 3.05) is 4.90 Å². The molecule has 0 fully saturated rings. The summed E-state index contributed by atoms with van der Waals surface area (Å²) in [6.45, 7) is 0. The number of hydrogen-bond acceptors (Lipinski definition) is 1. The van der Waals surface area contributed by atoms with E-state index in [1.807, 2.05) is 0 Å². The maximum atomic E-state index is 2.37. The zero-order chi connectivity index (χ0) is 38.4. The van der Waals surface area contributed by atoms with Crippen LogP contribution in [0, 0.1) is 0 Å². The third kappa shape index (κ3) is 5.82. The molecule has 1 heterocycles. The molecule has 0 aliphatic rings. The summed E-state index contributed by atoms with van der Waals surface area (Å²) in [5.41, 5.74) is 14.1. The van der Waals surface area contributed by atoms with Crippen molar-refractivity contribution in [2.24, 2.45) is 0 Å². The lowest BCUT2D eigenvalue weighted by atomic mass is 9.91. The van der Waals surface area contributed by atoms with E-state index in [1.54, 1.807) is 0 Å². The molecule has 0 amide bonds. The van der Waals surface area contributed by atoms with Crippen molar-refractivity contribution < 1.29 is 0 Å². The van der Waals surface area contributed by atoms with E-state index in [2.05, 4.69) is 240 Å². The van der Waals surface area contributed by atoms with Crippen LogP contribution in [0.15, 0.2) is 231 Å². The van der Waals surface area contributed by atoms with Gasteiger partial charge in [0.1, 0.15) is 0 Å². The van der Waals surface area contributed by atoms with Gasteiger partial charge < -0.3 is 9.47 Å². The molecule has 0 bridgehead atoms. The molecular formula is C56H38N2. The zero-order valence-electron chi connectivity index (χ0n) is 31.8. The summed E-state index contributed by atoms with van der Waals surface area (Å²) in [7, 11) is 0. The number of fused-ring (bicyclic) bond motifs is 5. The molecule has 2 heteroatoms. The minimum Gasteiger partial charge on any atom is -0.311 e. The van der Waals surface area contributed by atoms with Crippen molar-refractivity contribution in [1.82, 2.24) is 4.57 Å². The fourth-order valence-electron chi connectivity index (χ4n) is 8.80. The number of hydrogen-bond donors (Lipinski definition) is 0. The van der Waals surface area contributed by atoms with Crippen molar-refractivity contribution in [3.8, 4) is 39.1 Å². The molecule has 11 rings (SSSR count). The summed E-state index contributed by atoms with van der Waals surface area (Å²) < 4.78 is 2.37. The van der Waals surface area contributed by atoms with Crippen LogP contribution in [-0.4, -0.2) is 4.57 Å². The zero-order valence-corrected chi connectivity index (χ0v) is 31.8. The van der Waals surface area contributed by atoms with Crippen molar-refractivity contribution in [3.05, 3.63) is 231 Å². The van der Waals surface area contributed by atoms with Crippen LogP contribution in [0.25, 0.3) is 82.4 Å². The molecular weight excluding hydrogens is 701 g/mol. The SMILES string of the molecule is c1ccc(-c2cccc3cccc(-c4ccc(N(c5ccc(-c6ccc7ccccc7c6)cc5)c5ccc(-n6c7ccccc7c7ccccc76)cc5)cc4)c23)cc1. The predicted molar refractivity (Wildman–Crippen MR) is 247 cm³/mol. The number of benzene rings is 10. The molecule has 0 unspecified atom stereocenters. The van der Waals surface area contributed by atoms with Crippen LogP contribution in [-0.2, 0) is 0 Å². The topological polar surface area (TPSA) is 8.17 Å². The van der Waals surface area contributed by atoms with Crippen LogP contribution in [0.4, 0.5) is 17.1 Å². The van der Waals surface area contributed by atoms with Crippen LogP contribution in [0.2, 0.25) is 0 Å². The first-order valence-electron chi connectivity index (χ1n) is 19.9. The van der Waals surface area contributed by atoms with E-state index in [4.69, 9.17) is 0 Å². The molecule has 2 nitrogen and oxygen atoms in total. The highest BCUT2D eigenvalue weighted by atomic mass is 15.1. The molecule has 272 valence electrons. The fraction of sp³-hybridized carbons (Fsp3) is 0. The van der Waals surface area contributed by atoms with Crippen molar-refractivity contribution in [2.45, 2.75) is 0 Å². The molecule has 0 spiro atoms. The van der Waals surface area contributed by atoms with Gasteiger partial charge in [0.2, 0.25) is 0 Å². The minimum atomic E-state index is 1.09. The molecule has 10 aromatic carbocycles. The second-order valence-corrected chi connectivity index (χ2v) is 15.0. The highest BCUT2D eigenvalue weighted by molar-refractivity contribution is 6.09. The summed E-state index contributed by atoms with van der Waals surface area (Å²) in [6.07, 6.45) is 0. The first kappa shape index (κ1) is 33.6. The Morgan fingerprint density at radius 3 is 1.38 bits per heavy atom. The highest BCUT2D eigenvalue weighted by Gasteiger charge is 2.17. The quantitative estimate of drug-likeness (QED) is 0.158. The van der Waals surface area contributed by atoms with Gasteiger partial charge in [-0.1, -0.05) is 164 Å². The first-order chi connectivity index (χ1) is 28.8. The van der Waals surface area contributed by atoms with Crippen molar-refractivity contribution in [3.63, 3.8) is 0 Å². The number of anilines is 3. The van der Waals surface area contributed by atoms with Crippen molar-refractivity contribution >= 4 is 60.4 Å². The average molecular weight is 739 g/mol. The largest absolute Gasteiger partial charge is 0.311 e. The van der Waals surface area contributed by atoms with Gasteiger partial charge in [-0.15, -0.1) is 0 Å². The Hall–Kier alpha value is -7.68. The minimum absolute atomic E-state index is 1.09. The molecule has 0 aliphatic carbocycles. The van der Waals surface area contributed by atoms with Crippen LogP contribution >= 0.6 is 0 Å². The summed E-state index contributed by atoms with van der Waals surface area (Å²) in [5, 5.41) is 7.53. The van der Waals surface area contributed by atoms with Gasteiger partial charge in [0.15, 0.2) is 0 Å². The Morgan fingerprint density at radius 2 is 0.759 bits per heavy atom. The Bertz CT molecular complexity index is 3190. The summed E-state index contributed by atoms with van der Waals surface area (Å²) >= 11 is 0. The molecule has 0 aliphatic heterocycles. The third-order valence-electron chi connectivity index (χ3n) is 11.6. The maximum absolute atomic E-state index is 2.37. The van der Waals surface area contributed by atoms with Crippen LogP contribution in [0.1, 0.15) is 0 Å². The number of aromatic nitrogens is 1. The van der Waals surface area contributed by atoms with Gasteiger partial charge in [-0.25, -0.2) is 0 Å².